The van der Waals surface area contributed by atoms with E-state index in [4.69, 9.17) is 5.73 Å². The van der Waals surface area contributed by atoms with Crippen LogP contribution in [0, 0.1) is 0 Å². The second-order valence-corrected chi connectivity index (χ2v) is 5.39. The van der Waals surface area contributed by atoms with Crippen molar-refractivity contribution in [3.63, 3.8) is 0 Å². The predicted octanol–water partition coefficient (Wildman–Crippen LogP) is 0.114. The monoisotopic (exact) mass is 229 g/mol. The minimum atomic E-state index is -0.531. The van der Waals surface area contributed by atoms with Gasteiger partial charge in [0.1, 0.15) is 0 Å². The van der Waals surface area contributed by atoms with Gasteiger partial charge in [-0.05, 0) is 39.8 Å². The molecular weight excluding hydrogens is 202 g/mol. The van der Waals surface area contributed by atoms with Gasteiger partial charge >= 0.3 is 0 Å². The van der Waals surface area contributed by atoms with E-state index in [0.29, 0.717) is 0 Å². The molecule has 1 heterocycles. The molecule has 4 nitrogen and oxygen atoms in total. The first-order valence-electron chi connectivity index (χ1n) is 6.38. The van der Waals surface area contributed by atoms with Gasteiger partial charge in [-0.2, -0.15) is 0 Å². The standard InChI is InChI=1S/C12H27N3O/c1-12(2,16)4-7-15-10-8-14(9-11-15)6-3-5-13/h16H,3-11,13H2,1-2H3. The van der Waals surface area contributed by atoms with Crippen molar-refractivity contribution in [3.8, 4) is 0 Å². The lowest BCUT2D eigenvalue weighted by atomic mass is 10.1. The molecule has 0 spiro atoms. The Morgan fingerprint density at radius 1 is 1.06 bits per heavy atom. The van der Waals surface area contributed by atoms with E-state index in [0.717, 1.165) is 58.7 Å². The smallest absolute Gasteiger partial charge is 0.0603 e. The summed E-state index contributed by atoms with van der Waals surface area (Å²) in [5.74, 6) is 0. The average Bonchev–Trinajstić information content (AvgIpc) is 2.24. The third-order valence-electron chi connectivity index (χ3n) is 3.18. The normalized spacial score (nSPS) is 20.2. The lowest BCUT2D eigenvalue weighted by molar-refractivity contribution is 0.0475. The molecule has 0 atom stereocenters. The van der Waals surface area contributed by atoms with Crippen molar-refractivity contribution in [1.29, 1.82) is 0 Å². The molecule has 0 radical (unpaired) electrons. The van der Waals surface area contributed by atoms with Crippen LogP contribution in [-0.4, -0.2) is 66.3 Å². The molecule has 1 rings (SSSR count). The Kier molecular flexibility index (Phi) is 5.69. The van der Waals surface area contributed by atoms with Crippen molar-refractivity contribution in [2.75, 3.05) is 45.8 Å². The van der Waals surface area contributed by atoms with E-state index in [9.17, 15) is 5.11 Å². The molecule has 1 fully saturated rings. The van der Waals surface area contributed by atoms with Crippen molar-refractivity contribution in [2.24, 2.45) is 5.73 Å². The third-order valence-corrected chi connectivity index (χ3v) is 3.18. The maximum Gasteiger partial charge on any atom is 0.0603 e. The van der Waals surface area contributed by atoms with Crippen LogP contribution in [0.4, 0.5) is 0 Å². The molecule has 0 unspecified atom stereocenters. The summed E-state index contributed by atoms with van der Waals surface area (Å²) in [5.41, 5.74) is 4.97. The van der Waals surface area contributed by atoms with Crippen LogP contribution < -0.4 is 5.73 Å². The summed E-state index contributed by atoms with van der Waals surface area (Å²) in [5, 5.41) is 9.67. The highest BCUT2D eigenvalue weighted by Gasteiger charge is 2.19. The number of nitrogens with zero attached hydrogens (tertiary/aromatic N) is 2. The second kappa shape index (κ2) is 6.55. The summed E-state index contributed by atoms with van der Waals surface area (Å²) in [6, 6.07) is 0. The van der Waals surface area contributed by atoms with Gasteiger partial charge in [0.05, 0.1) is 5.60 Å². The highest BCUT2D eigenvalue weighted by Crippen LogP contribution is 2.10. The fraction of sp³-hybridized carbons (Fsp3) is 1.00. The van der Waals surface area contributed by atoms with E-state index in [1.165, 1.54) is 0 Å². The van der Waals surface area contributed by atoms with Crippen LogP contribution in [-0.2, 0) is 0 Å². The largest absolute Gasteiger partial charge is 0.390 e. The summed E-state index contributed by atoms with van der Waals surface area (Å²) in [4.78, 5) is 4.92. The molecule has 0 aromatic heterocycles. The van der Waals surface area contributed by atoms with Crippen molar-refractivity contribution >= 4 is 0 Å². The molecule has 0 bridgehead atoms. The highest BCUT2D eigenvalue weighted by atomic mass is 16.3. The maximum absolute atomic E-state index is 9.67. The number of nitrogens with two attached hydrogens (primary N) is 1. The Morgan fingerprint density at radius 3 is 2.00 bits per heavy atom. The Labute approximate surface area is 99.4 Å². The van der Waals surface area contributed by atoms with Crippen molar-refractivity contribution in [3.05, 3.63) is 0 Å². The van der Waals surface area contributed by atoms with Gasteiger partial charge in [0.25, 0.3) is 0 Å². The zero-order valence-electron chi connectivity index (χ0n) is 10.8. The van der Waals surface area contributed by atoms with Crippen LogP contribution in [0.25, 0.3) is 0 Å². The summed E-state index contributed by atoms with van der Waals surface area (Å²) in [6.07, 6.45) is 1.96. The molecule has 1 aliphatic rings. The second-order valence-electron chi connectivity index (χ2n) is 5.39. The zero-order valence-corrected chi connectivity index (χ0v) is 10.8. The minimum absolute atomic E-state index is 0.531. The van der Waals surface area contributed by atoms with Crippen LogP contribution >= 0.6 is 0 Å². The molecule has 0 aliphatic carbocycles. The van der Waals surface area contributed by atoms with Gasteiger partial charge in [-0.15, -0.1) is 0 Å². The topological polar surface area (TPSA) is 52.7 Å². The molecule has 1 aliphatic heterocycles. The number of rotatable bonds is 6. The van der Waals surface area contributed by atoms with E-state index in [1.54, 1.807) is 0 Å². The first-order valence-corrected chi connectivity index (χ1v) is 6.38. The van der Waals surface area contributed by atoms with Crippen molar-refractivity contribution < 1.29 is 5.11 Å². The Hall–Kier alpha value is -0.160. The number of piperazine rings is 1. The van der Waals surface area contributed by atoms with Gasteiger partial charge < -0.3 is 20.6 Å². The predicted molar refractivity (Wildman–Crippen MR) is 67.5 cm³/mol. The molecular formula is C12H27N3O. The lowest BCUT2D eigenvalue weighted by Crippen LogP contribution is -2.47. The molecule has 1 saturated heterocycles. The van der Waals surface area contributed by atoms with Gasteiger partial charge in [0.15, 0.2) is 0 Å². The maximum atomic E-state index is 9.67. The molecule has 0 saturated carbocycles. The Bertz CT molecular complexity index is 183. The molecule has 96 valence electrons. The first kappa shape index (κ1) is 13.9. The minimum Gasteiger partial charge on any atom is -0.390 e. The third kappa shape index (κ3) is 5.80. The average molecular weight is 229 g/mol. The molecule has 0 aromatic carbocycles. The number of aliphatic hydroxyl groups is 1. The number of hydrogen-bond donors (Lipinski definition) is 2. The van der Waals surface area contributed by atoms with Crippen LogP contribution in [0.2, 0.25) is 0 Å². The summed E-state index contributed by atoms with van der Waals surface area (Å²) in [7, 11) is 0. The Morgan fingerprint density at radius 2 is 1.56 bits per heavy atom. The molecule has 16 heavy (non-hydrogen) atoms. The lowest BCUT2D eigenvalue weighted by Gasteiger charge is -2.35. The zero-order chi connectivity index (χ0) is 12.0. The molecule has 3 N–H and O–H groups in total. The Balaban J connectivity index is 2.12. The molecule has 0 aromatic rings. The highest BCUT2D eigenvalue weighted by molar-refractivity contribution is 4.75. The van der Waals surface area contributed by atoms with Crippen molar-refractivity contribution in [2.45, 2.75) is 32.3 Å². The SMILES string of the molecule is CC(C)(O)CCN1CCN(CCCN)CC1. The quantitative estimate of drug-likeness (QED) is 0.679. The van der Waals surface area contributed by atoms with Gasteiger partial charge in [0.2, 0.25) is 0 Å². The fourth-order valence-corrected chi connectivity index (χ4v) is 1.98. The van der Waals surface area contributed by atoms with Crippen molar-refractivity contribution in [1.82, 2.24) is 9.80 Å². The van der Waals surface area contributed by atoms with Gasteiger partial charge in [0, 0.05) is 32.7 Å². The van der Waals surface area contributed by atoms with Crippen LogP contribution in [0.15, 0.2) is 0 Å². The van der Waals surface area contributed by atoms with E-state index in [2.05, 4.69) is 9.80 Å². The van der Waals surface area contributed by atoms with Crippen LogP contribution in [0.3, 0.4) is 0 Å². The number of hydrogen-bond acceptors (Lipinski definition) is 4. The van der Waals surface area contributed by atoms with Crippen LogP contribution in [0.5, 0.6) is 0 Å². The summed E-state index contributed by atoms with van der Waals surface area (Å²) < 4.78 is 0. The fourth-order valence-electron chi connectivity index (χ4n) is 1.98. The summed E-state index contributed by atoms with van der Waals surface area (Å²) >= 11 is 0. The van der Waals surface area contributed by atoms with Gasteiger partial charge in [-0.3, -0.25) is 0 Å². The molecule has 4 heteroatoms. The van der Waals surface area contributed by atoms with Gasteiger partial charge in [-0.1, -0.05) is 0 Å². The van der Waals surface area contributed by atoms with Gasteiger partial charge in [-0.25, -0.2) is 0 Å². The van der Waals surface area contributed by atoms with E-state index >= 15 is 0 Å². The summed E-state index contributed by atoms with van der Waals surface area (Å²) in [6.45, 7) is 11.2. The van der Waals surface area contributed by atoms with E-state index in [1.807, 2.05) is 13.8 Å². The first-order chi connectivity index (χ1) is 7.51. The van der Waals surface area contributed by atoms with E-state index < -0.39 is 5.60 Å². The van der Waals surface area contributed by atoms with Crippen LogP contribution in [0.1, 0.15) is 26.7 Å². The van der Waals surface area contributed by atoms with E-state index in [-0.39, 0.29) is 0 Å². The molecule has 0 amide bonds.